The van der Waals surface area contributed by atoms with Crippen molar-refractivity contribution < 1.29 is 9.90 Å². The van der Waals surface area contributed by atoms with Gasteiger partial charge in [0.1, 0.15) is 10.8 Å². The Morgan fingerprint density at radius 1 is 1.08 bits per heavy atom. The van der Waals surface area contributed by atoms with Crippen LogP contribution in [0.4, 0.5) is 5.69 Å². The summed E-state index contributed by atoms with van der Waals surface area (Å²) in [6.45, 7) is 3.78. The molecule has 0 spiro atoms. The number of anilines is 1. The molecule has 5 rings (SSSR count). The normalized spacial score (nSPS) is 12.2. The summed E-state index contributed by atoms with van der Waals surface area (Å²) < 4.78 is 3.28. The van der Waals surface area contributed by atoms with E-state index in [1.807, 2.05) is 57.3 Å². The first kappa shape index (κ1) is 23.5. The van der Waals surface area contributed by atoms with E-state index in [1.165, 1.54) is 10.6 Å². The van der Waals surface area contributed by atoms with Gasteiger partial charge in [0.15, 0.2) is 11.5 Å². The second-order valence-corrected chi connectivity index (χ2v) is 9.13. The number of carboxylic acids is 1. The summed E-state index contributed by atoms with van der Waals surface area (Å²) in [5.41, 5.74) is 3.62. The van der Waals surface area contributed by atoms with Crippen LogP contribution >= 0.6 is 11.6 Å². The van der Waals surface area contributed by atoms with Gasteiger partial charge in [-0.25, -0.2) is 14.8 Å². The first-order valence-corrected chi connectivity index (χ1v) is 11.6. The molecule has 0 aliphatic rings. The van der Waals surface area contributed by atoms with Crippen molar-refractivity contribution in [3.63, 3.8) is 0 Å². The molecule has 0 saturated carbocycles. The number of rotatable bonds is 5. The molecule has 0 saturated heterocycles. The Morgan fingerprint density at radius 3 is 2.58 bits per heavy atom. The highest BCUT2D eigenvalue weighted by Gasteiger charge is 2.22. The molecule has 9 nitrogen and oxygen atoms in total. The standard InChI is InChI=1S/C26H23ClN6O3/c1-13-11-16(14(2)28-18-9-10-20(27)29-23(18)26(35)36)21-17(12-13)25(34)32(3)24(30-21)22-15-7-5-6-8-19(15)33(4)31-22/h5-12,14,28H,1-4H3,(H,35,36)/t14-/m1/s1. The zero-order valence-corrected chi connectivity index (χ0v) is 20.8. The maximum atomic E-state index is 13.5. The van der Waals surface area contributed by atoms with Crippen LogP contribution in [0.25, 0.3) is 33.3 Å². The molecule has 3 aromatic heterocycles. The molecule has 0 aliphatic heterocycles. The number of aromatic nitrogens is 5. The summed E-state index contributed by atoms with van der Waals surface area (Å²) in [6, 6.07) is 14.2. The molecule has 0 unspecified atom stereocenters. The first-order valence-electron chi connectivity index (χ1n) is 11.3. The zero-order valence-electron chi connectivity index (χ0n) is 20.1. The van der Waals surface area contributed by atoms with E-state index in [1.54, 1.807) is 17.8 Å². The lowest BCUT2D eigenvalue weighted by molar-refractivity contribution is 0.0691. The van der Waals surface area contributed by atoms with Gasteiger partial charge in [-0.1, -0.05) is 35.9 Å². The fourth-order valence-electron chi connectivity index (χ4n) is 4.50. The number of halogens is 1. The van der Waals surface area contributed by atoms with Crippen LogP contribution in [0.2, 0.25) is 5.15 Å². The highest BCUT2D eigenvalue weighted by molar-refractivity contribution is 6.29. The van der Waals surface area contributed by atoms with Gasteiger partial charge in [-0.15, -0.1) is 0 Å². The summed E-state index contributed by atoms with van der Waals surface area (Å²) in [5, 5.41) is 18.9. The van der Waals surface area contributed by atoms with Crippen LogP contribution < -0.4 is 10.9 Å². The van der Waals surface area contributed by atoms with Gasteiger partial charge in [-0.05, 0) is 43.7 Å². The minimum Gasteiger partial charge on any atom is -0.476 e. The molecule has 0 fully saturated rings. The summed E-state index contributed by atoms with van der Waals surface area (Å²) in [6.07, 6.45) is 0. The third-order valence-corrected chi connectivity index (χ3v) is 6.44. The van der Waals surface area contributed by atoms with Gasteiger partial charge in [0, 0.05) is 25.0 Å². The predicted molar refractivity (Wildman–Crippen MR) is 140 cm³/mol. The Kier molecular flexibility index (Phi) is 5.72. The fraction of sp³-hybridized carbons (Fsp3) is 0.192. The van der Waals surface area contributed by atoms with Gasteiger partial charge in [0.2, 0.25) is 0 Å². The number of fused-ring (bicyclic) bond motifs is 2. The van der Waals surface area contributed by atoms with Crippen LogP contribution in [0.1, 0.15) is 34.6 Å². The molecular weight excluding hydrogens is 480 g/mol. The number of nitrogens with one attached hydrogen (secondary N) is 1. The monoisotopic (exact) mass is 502 g/mol. The predicted octanol–water partition coefficient (Wildman–Crippen LogP) is 4.72. The van der Waals surface area contributed by atoms with Gasteiger partial charge < -0.3 is 10.4 Å². The number of hydrogen-bond acceptors (Lipinski definition) is 6. The zero-order chi connectivity index (χ0) is 25.7. The molecule has 5 aromatic rings. The van der Waals surface area contributed by atoms with Crippen LogP contribution in [0.5, 0.6) is 0 Å². The van der Waals surface area contributed by atoms with E-state index >= 15 is 0 Å². The molecule has 0 bridgehead atoms. The van der Waals surface area contributed by atoms with E-state index in [9.17, 15) is 14.7 Å². The van der Waals surface area contributed by atoms with Crippen molar-refractivity contribution in [1.82, 2.24) is 24.3 Å². The Bertz CT molecular complexity index is 1740. The largest absolute Gasteiger partial charge is 0.476 e. The lowest BCUT2D eigenvalue weighted by Gasteiger charge is -2.20. The molecule has 10 heteroatoms. The van der Waals surface area contributed by atoms with E-state index in [4.69, 9.17) is 16.6 Å². The van der Waals surface area contributed by atoms with Crippen molar-refractivity contribution in [1.29, 1.82) is 0 Å². The van der Waals surface area contributed by atoms with Crippen molar-refractivity contribution in [2.24, 2.45) is 14.1 Å². The third kappa shape index (κ3) is 3.87. The first-order chi connectivity index (χ1) is 17.2. The van der Waals surface area contributed by atoms with Crippen molar-refractivity contribution in [3.05, 3.63) is 80.9 Å². The van der Waals surface area contributed by atoms with E-state index in [0.717, 1.165) is 22.0 Å². The molecule has 2 aromatic carbocycles. The van der Waals surface area contributed by atoms with Gasteiger partial charge in [0.25, 0.3) is 5.56 Å². The Hall–Kier alpha value is -4.24. The fourth-order valence-corrected chi connectivity index (χ4v) is 4.65. The maximum absolute atomic E-state index is 13.5. The topological polar surface area (TPSA) is 115 Å². The molecule has 0 aliphatic carbocycles. The SMILES string of the molecule is Cc1cc([C@@H](C)Nc2ccc(Cl)nc2C(=O)O)c2nc(-c3nn(C)c4ccccc34)n(C)c(=O)c2c1. The molecule has 3 heterocycles. The maximum Gasteiger partial charge on any atom is 0.356 e. The summed E-state index contributed by atoms with van der Waals surface area (Å²) in [5.74, 6) is -0.751. The van der Waals surface area contributed by atoms with Crippen LogP contribution in [-0.2, 0) is 14.1 Å². The molecule has 2 N–H and O–H groups in total. The quantitative estimate of drug-likeness (QED) is 0.334. The molecule has 0 amide bonds. The number of carboxylic acid groups (broad SMARTS) is 1. The van der Waals surface area contributed by atoms with Crippen LogP contribution in [0, 0.1) is 6.92 Å². The second-order valence-electron chi connectivity index (χ2n) is 8.74. The van der Waals surface area contributed by atoms with Crippen molar-refractivity contribution in [3.8, 4) is 11.5 Å². The average molecular weight is 503 g/mol. The lowest BCUT2D eigenvalue weighted by Crippen LogP contribution is -2.22. The Balaban J connectivity index is 1.71. The second kappa shape index (κ2) is 8.76. The number of benzene rings is 2. The number of carbonyl (C=O) groups is 1. The molecular formula is C26H23ClN6O3. The van der Waals surface area contributed by atoms with E-state index in [2.05, 4.69) is 15.4 Å². The third-order valence-electron chi connectivity index (χ3n) is 6.23. The average Bonchev–Trinajstić information content (AvgIpc) is 3.18. The van der Waals surface area contributed by atoms with Crippen molar-refractivity contribution in [2.75, 3.05) is 5.32 Å². The molecule has 1 atom stereocenters. The Labute approximate surface area is 211 Å². The van der Waals surface area contributed by atoms with Gasteiger partial charge in [0.05, 0.1) is 28.1 Å². The molecule has 182 valence electrons. The number of pyridine rings is 1. The number of aromatic carboxylic acids is 1. The van der Waals surface area contributed by atoms with Crippen molar-refractivity contribution >= 4 is 45.1 Å². The highest BCUT2D eigenvalue weighted by atomic mass is 35.5. The van der Waals surface area contributed by atoms with E-state index < -0.39 is 12.0 Å². The minimum absolute atomic E-state index is 0.0870. The van der Waals surface area contributed by atoms with Crippen molar-refractivity contribution in [2.45, 2.75) is 19.9 Å². The number of hydrogen-bond donors (Lipinski definition) is 2. The number of nitrogens with zero attached hydrogens (tertiary/aromatic N) is 5. The Morgan fingerprint density at radius 2 is 1.83 bits per heavy atom. The number of para-hydroxylation sites is 1. The lowest BCUT2D eigenvalue weighted by atomic mass is 10.0. The number of aryl methyl sites for hydroxylation is 2. The van der Waals surface area contributed by atoms with E-state index in [0.29, 0.717) is 28.1 Å². The minimum atomic E-state index is -1.20. The molecule has 36 heavy (non-hydrogen) atoms. The summed E-state index contributed by atoms with van der Waals surface area (Å²) in [4.78, 5) is 34.1. The van der Waals surface area contributed by atoms with E-state index in [-0.39, 0.29) is 16.4 Å². The van der Waals surface area contributed by atoms with Gasteiger partial charge in [-0.2, -0.15) is 5.10 Å². The van der Waals surface area contributed by atoms with Gasteiger partial charge >= 0.3 is 5.97 Å². The van der Waals surface area contributed by atoms with Crippen LogP contribution in [0.15, 0.2) is 53.3 Å². The summed E-state index contributed by atoms with van der Waals surface area (Å²) in [7, 11) is 3.54. The van der Waals surface area contributed by atoms with Crippen LogP contribution in [-0.4, -0.2) is 35.4 Å². The van der Waals surface area contributed by atoms with Crippen LogP contribution in [0.3, 0.4) is 0 Å². The summed E-state index contributed by atoms with van der Waals surface area (Å²) >= 11 is 5.91. The van der Waals surface area contributed by atoms with Gasteiger partial charge in [-0.3, -0.25) is 14.0 Å². The molecule has 0 radical (unpaired) electrons. The highest BCUT2D eigenvalue weighted by Crippen LogP contribution is 2.31. The smallest absolute Gasteiger partial charge is 0.356 e.